The fourth-order valence-electron chi connectivity index (χ4n) is 3.11. The van der Waals surface area contributed by atoms with Gasteiger partial charge in [-0.15, -0.1) is 0 Å². The van der Waals surface area contributed by atoms with E-state index in [1.165, 1.54) is 0 Å². The highest BCUT2D eigenvalue weighted by molar-refractivity contribution is 7.10. The number of hydrogen-bond acceptors (Lipinski definition) is 5. The highest BCUT2D eigenvalue weighted by atomic mass is 35.5. The molecule has 1 aliphatic heterocycles. The minimum atomic E-state index is -0.439. The quantitative estimate of drug-likeness (QED) is 0.643. The summed E-state index contributed by atoms with van der Waals surface area (Å²) in [5.74, 6) is -0.684. The maximum Gasteiger partial charge on any atom is 0.311 e. The van der Waals surface area contributed by atoms with E-state index in [4.69, 9.17) is 11.6 Å². The van der Waals surface area contributed by atoms with Gasteiger partial charge < -0.3 is 10.4 Å². The van der Waals surface area contributed by atoms with E-state index in [-0.39, 0.29) is 12.4 Å². The SMILES string of the molecule is CC1=Nc2ccccc2C1=Cc1sc(=O)n(CC(=O)Nc2cccc(Cl)c2)c1O. The number of aromatic hydroxyl groups is 1. The zero-order valence-corrected chi connectivity index (χ0v) is 16.9. The highest BCUT2D eigenvalue weighted by Gasteiger charge is 2.20. The lowest BCUT2D eigenvalue weighted by Crippen LogP contribution is -2.24. The summed E-state index contributed by atoms with van der Waals surface area (Å²) >= 11 is 6.79. The first-order valence-electron chi connectivity index (χ1n) is 8.77. The number of halogens is 1. The number of anilines is 1. The number of allylic oxidation sites excluding steroid dienone is 1. The number of fused-ring (bicyclic) bond motifs is 1. The van der Waals surface area contributed by atoms with Crippen molar-refractivity contribution in [3.05, 3.63) is 73.7 Å². The molecule has 0 atom stereocenters. The van der Waals surface area contributed by atoms with Crippen LogP contribution in [0.2, 0.25) is 5.02 Å². The zero-order valence-electron chi connectivity index (χ0n) is 15.3. The second kappa shape index (κ2) is 7.69. The maximum atomic E-state index is 12.4. The van der Waals surface area contributed by atoms with E-state index in [0.717, 1.165) is 38.4 Å². The first kappa shape index (κ1) is 19.2. The number of benzene rings is 2. The fourth-order valence-corrected chi connectivity index (χ4v) is 4.12. The third-order valence-electron chi connectivity index (χ3n) is 4.45. The predicted molar refractivity (Wildman–Crippen MR) is 117 cm³/mol. The van der Waals surface area contributed by atoms with Crippen LogP contribution in [0.5, 0.6) is 5.88 Å². The first-order chi connectivity index (χ1) is 13.9. The van der Waals surface area contributed by atoms with Crippen LogP contribution in [0.3, 0.4) is 0 Å². The molecule has 8 heteroatoms. The number of carbonyl (C=O) groups is 1. The van der Waals surface area contributed by atoms with Gasteiger partial charge in [-0.05, 0) is 37.3 Å². The topological polar surface area (TPSA) is 83.7 Å². The molecule has 0 bridgehead atoms. The number of nitrogens with zero attached hydrogens (tertiary/aromatic N) is 2. The molecule has 29 heavy (non-hydrogen) atoms. The average Bonchev–Trinajstić information content (AvgIpc) is 3.13. The van der Waals surface area contributed by atoms with Gasteiger partial charge in [0, 0.05) is 27.6 Å². The molecule has 3 aromatic rings. The van der Waals surface area contributed by atoms with E-state index in [1.807, 2.05) is 31.2 Å². The predicted octanol–water partition coefficient (Wildman–Crippen LogP) is 4.55. The van der Waals surface area contributed by atoms with Crippen LogP contribution in [0.15, 0.2) is 58.3 Å². The summed E-state index contributed by atoms with van der Waals surface area (Å²) in [5.41, 5.74) is 3.95. The lowest BCUT2D eigenvalue weighted by Gasteiger charge is -2.07. The van der Waals surface area contributed by atoms with Crippen molar-refractivity contribution in [2.45, 2.75) is 13.5 Å². The van der Waals surface area contributed by atoms with Crippen molar-refractivity contribution in [2.75, 3.05) is 5.32 Å². The van der Waals surface area contributed by atoms with E-state index in [2.05, 4.69) is 10.3 Å². The second-order valence-corrected chi connectivity index (χ2v) is 7.90. The molecule has 146 valence electrons. The normalized spacial score (nSPS) is 14.0. The van der Waals surface area contributed by atoms with Gasteiger partial charge in [-0.3, -0.25) is 19.1 Å². The van der Waals surface area contributed by atoms with Gasteiger partial charge in [0.15, 0.2) is 0 Å². The van der Waals surface area contributed by atoms with Crippen LogP contribution in [-0.4, -0.2) is 21.3 Å². The van der Waals surface area contributed by atoms with Gasteiger partial charge >= 0.3 is 4.87 Å². The Kier molecular flexibility index (Phi) is 5.08. The van der Waals surface area contributed by atoms with Crippen LogP contribution in [0, 0.1) is 0 Å². The largest absolute Gasteiger partial charge is 0.493 e. The van der Waals surface area contributed by atoms with Gasteiger partial charge in [0.25, 0.3) is 0 Å². The van der Waals surface area contributed by atoms with Crippen molar-refractivity contribution in [2.24, 2.45) is 4.99 Å². The summed E-state index contributed by atoms with van der Waals surface area (Å²) in [4.78, 5) is 29.1. The van der Waals surface area contributed by atoms with Crippen molar-refractivity contribution >= 4 is 57.6 Å². The average molecular weight is 426 g/mol. The number of nitrogens with one attached hydrogen (secondary N) is 1. The van der Waals surface area contributed by atoms with Gasteiger partial charge in [-0.1, -0.05) is 47.2 Å². The molecule has 1 aromatic heterocycles. The van der Waals surface area contributed by atoms with Gasteiger partial charge in [0.05, 0.1) is 10.6 Å². The molecule has 0 spiro atoms. The lowest BCUT2D eigenvalue weighted by atomic mass is 10.0. The van der Waals surface area contributed by atoms with E-state index < -0.39 is 10.8 Å². The summed E-state index contributed by atoms with van der Waals surface area (Å²) in [7, 11) is 0. The van der Waals surface area contributed by atoms with Crippen molar-refractivity contribution in [1.82, 2.24) is 4.57 Å². The monoisotopic (exact) mass is 425 g/mol. The number of para-hydroxylation sites is 1. The lowest BCUT2D eigenvalue weighted by molar-refractivity contribution is -0.116. The smallest absolute Gasteiger partial charge is 0.311 e. The van der Waals surface area contributed by atoms with Crippen LogP contribution in [-0.2, 0) is 11.3 Å². The molecular weight excluding hydrogens is 410 g/mol. The van der Waals surface area contributed by atoms with E-state index >= 15 is 0 Å². The third kappa shape index (κ3) is 3.87. The van der Waals surface area contributed by atoms with E-state index in [1.54, 1.807) is 30.3 Å². The summed E-state index contributed by atoms with van der Waals surface area (Å²) in [5, 5.41) is 13.7. The van der Waals surface area contributed by atoms with Gasteiger partial charge in [0.2, 0.25) is 11.8 Å². The van der Waals surface area contributed by atoms with E-state index in [9.17, 15) is 14.7 Å². The van der Waals surface area contributed by atoms with Gasteiger partial charge in [-0.2, -0.15) is 0 Å². The molecule has 1 amide bonds. The maximum absolute atomic E-state index is 12.4. The summed E-state index contributed by atoms with van der Waals surface area (Å²) in [6.45, 7) is 1.57. The highest BCUT2D eigenvalue weighted by Crippen LogP contribution is 2.37. The van der Waals surface area contributed by atoms with Gasteiger partial charge in [-0.25, -0.2) is 0 Å². The number of aromatic nitrogens is 1. The summed E-state index contributed by atoms with van der Waals surface area (Å²) < 4.78 is 1.05. The number of amides is 1. The van der Waals surface area contributed by atoms with Crippen LogP contribution < -0.4 is 10.2 Å². The minimum Gasteiger partial charge on any atom is -0.493 e. The van der Waals surface area contributed by atoms with Gasteiger partial charge in [0.1, 0.15) is 6.54 Å². The molecule has 2 aromatic carbocycles. The van der Waals surface area contributed by atoms with Crippen LogP contribution in [0.4, 0.5) is 11.4 Å². The molecule has 4 rings (SSSR count). The summed E-state index contributed by atoms with van der Waals surface area (Å²) in [6.07, 6.45) is 1.73. The van der Waals surface area contributed by atoms with Crippen molar-refractivity contribution in [3.8, 4) is 5.88 Å². The minimum absolute atomic E-state index is 0.245. The number of hydrogen-bond donors (Lipinski definition) is 2. The van der Waals surface area contributed by atoms with Crippen LogP contribution >= 0.6 is 22.9 Å². The van der Waals surface area contributed by atoms with E-state index in [0.29, 0.717) is 15.6 Å². The van der Waals surface area contributed by atoms with Crippen molar-refractivity contribution in [3.63, 3.8) is 0 Å². The first-order valence-corrected chi connectivity index (χ1v) is 9.96. The molecule has 0 radical (unpaired) electrons. The van der Waals surface area contributed by atoms with Crippen molar-refractivity contribution < 1.29 is 9.90 Å². The molecule has 2 heterocycles. The number of thiazole rings is 1. The fraction of sp³-hybridized carbons (Fsp3) is 0.0952. The molecule has 2 N–H and O–H groups in total. The second-order valence-electron chi connectivity index (χ2n) is 6.47. The molecule has 1 aliphatic rings. The number of aliphatic imine (C=N–C) groups is 1. The summed E-state index contributed by atoms with van der Waals surface area (Å²) in [6, 6.07) is 14.4. The molecule has 0 aliphatic carbocycles. The Morgan fingerprint density at radius 1 is 1.28 bits per heavy atom. The molecule has 0 saturated heterocycles. The molecule has 0 saturated carbocycles. The Balaban J connectivity index is 1.60. The Morgan fingerprint density at radius 2 is 2.07 bits per heavy atom. The zero-order chi connectivity index (χ0) is 20.5. The Bertz CT molecular complexity index is 1240. The molecular formula is C21H16ClN3O3S. The number of carbonyl (C=O) groups excluding carboxylic acids is 1. The number of rotatable bonds is 4. The van der Waals surface area contributed by atoms with Crippen LogP contribution in [0.25, 0.3) is 11.6 Å². The Morgan fingerprint density at radius 3 is 2.86 bits per heavy atom. The molecule has 0 fully saturated rings. The van der Waals surface area contributed by atoms with Crippen LogP contribution in [0.1, 0.15) is 17.4 Å². The third-order valence-corrected chi connectivity index (χ3v) is 5.60. The Labute approximate surface area is 175 Å². The molecule has 0 unspecified atom stereocenters. The standard InChI is InChI=1S/C21H16ClN3O3S/c1-12-16(15-7-2-3-8-17(15)23-12)10-18-20(27)25(21(28)29-18)11-19(26)24-14-6-4-5-13(22)9-14/h2-10,27H,11H2,1H3,(H,24,26). The Hall–Kier alpha value is -3.16. The van der Waals surface area contributed by atoms with Crippen molar-refractivity contribution in [1.29, 1.82) is 0 Å². The molecule has 6 nitrogen and oxygen atoms in total.